The fourth-order valence-electron chi connectivity index (χ4n) is 2.01. The van der Waals surface area contributed by atoms with Crippen molar-refractivity contribution in [2.45, 2.75) is 13.0 Å². The van der Waals surface area contributed by atoms with Gasteiger partial charge in [0.15, 0.2) is 6.04 Å². The van der Waals surface area contributed by atoms with E-state index in [4.69, 9.17) is 9.84 Å². The van der Waals surface area contributed by atoms with Crippen molar-refractivity contribution < 1.29 is 19.4 Å². The fraction of sp³-hybridized carbons (Fsp3) is 0.333. The fourth-order valence-corrected chi connectivity index (χ4v) is 2.01. The molecule has 20 heavy (non-hydrogen) atoms. The molecule has 0 spiro atoms. The van der Waals surface area contributed by atoms with E-state index in [0.717, 1.165) is 11.1 Å². The SMILES string of the molecule is Cc1ccc(/C=C\C(=O)N2CCOC[C@@H]2C(=O)O)cc1. The maximum atomic E-state index is 12.1. The lowest BCUT2D eigenvalue weighted by Gasteiger charge is -2.31. The second kappa shape index (κ2) is 6.34. The van der Waals surface area contributed by atoms with Crippen LogP contribution in [-0.2, 0) is 14.3 Å². The molecule has 1 aromatic rings. The summed E-state index contributed by atoms with van der Waals surface area (Å²) < 4.78 is 5.10. The quantitative estimate of drug-likeness (QED) is 0.845. The lowest BCUT2D eigenvalue weighted by atomic mass is 10.1. The molecule has 0 saturated carbocycles. The Kier molecular flexibility index (Phi) is 4.53. The van der Waals surface area contributed by atoms with Crippen molar-refractivity contribution in [1.82, 2.24) is 4.90 Å². The number of ether oxygens (including phenoxy) is 1. The first-order valence-corrected chi connectivity index (χ1v) is 6.44. The van der Waals surface area contributed by atoms with Gasteiger partial charge in [-0.3, -0.25) is 4.79 Å². The molecule has 1 saturated heterocycles. The van der Waals surface area contributed by atoms with Crippen LogP contribution >= 0.6 is 0 Å². The lowest BCUT2D eigenvalue weighted by molar-refractivity contribution is -0.156. The highest BCUT2D eigenvalue weighted by Crippen LogP contribution is 2.10. The van der Waals surface area contributed by atoms with Crippen molar-refractivity contribution in [1.29, 1.82) is 0 Å². The number of amides is 1. The van der Waals surface area contributed by atoms with Crippen molar-refractivity contribution >= 4 is 18.0 Å². The molecule has 0 radical (unpaired) electrons. The van der Waals surface area contributed by atoms with E-state index in [2.05, 4.69) is 0 Å². The molecule has 5 nitrogen and oxygen atoms in total. The zero-order valence-corrected chi connectivity index (χ0v) is 11.3. The first-order valence-electron chi connectivity index (χ1n) is 6.44. The van der Waals surface area contributed by atoms with Gasteiger partial charge >= 0.3 is 5.97 Å². The molecular weight excluding hydrogens is 258 g/mol. The van der Waals surface area contributed by atoms with Gasteiger partial charge in [0.2, 0.25) is 5.91 Å². The van der Waals surface area contributed by atoms with Gasteiger partial charge in [0.25, 0.3) is 0 Å². The van der Waals surface area contributed by atoms with Crippen LogP contribution in [0.1, 0.15) is 11.1 Å². The third kappa shape index (κ3) is 3.45. The number of carboxylic acids is 1. The van der Waals surface area contributed by atoms with Gasteiger partial charge in [-0.1, -0.05) is 29.8 Å². The highest BCUT2D eigenvalue weighted by atomic mass is 16.5. The van der Waals surface area contributed by atoms with Gasteiger partial charge < -0.3 is 14.7 Å². The molecule has 1 fully saturated rings. The summed E-state index contributed by atoms with van der Waals surface area (Å²) in [6.45, 7) is 2.70. The third-order valence-corrected chi connectivity index (χ3v) is 3.19. The maximum absolute atomic E-state index is 12.1. The molecule has 1 aliphatic rings. The highest BCUT2D eigenvalue weighted by Gasteiger charge is 2.31. The van der Waals surface area contributed by atoms with E-state index in [1.807, 2.05) is 31.2 Å². The third-order valence-electron chi connectivity index (χ3n) is 3.19. The van der Waals surface area contributed by atoms with Crippen molar-refractivity contribution in [2.75, 3.05) is 19.8 Å². The zero-order chi connectivity index (χ0) is 14.5. The smallest absolute Gasteiger partial charge is 0.328 e. The Bertz CT molecular complexity index is 521. The van der Waals surface area contributed by atoms with E-state index in [1.165, 1.54) is 11.0 Å². The van der Waals surface area contributed by atoms with Gasteiger partial charge in [-0.2, -0.15) is 0 Å². The predicted octanol–water partition coefficient (Wildman–Crippen LogP) is 1.32. The van der Waals surface area contributed by atoms with E-state index in [-0.39, 0.29) is 12.5 Å². The lowest BCUT2D eigenvalue weighted by Crippen LogP contribution is -2.52. The van der Waals surface area contributed by atoms with Gasteiger partial charge in [-0.15, -0.1) is 0 Å². The number of hydrogen-bond donors (Lipinski definition) is 1. The molecule has 0 aromatic heterocycles. The predicted molar refractivity (Wildman–Crippen MR) is 74.2 cm³/mol. The topological polar surface area (TPSA) is 66.8 Å². The van der Waals surface area contributed by atoms with Crippen LogP contribution in [0.5, 0.6) is 0 Å². The molecule has 5 heteroatoms. The maximum Gasteiger partial charge on any atom is 0.328 e. The number of hydrogen-bond acceptors (Lipinski definition) is 3. The van der Waals surface area contributed by atoms with Gasteiger partial charge in [0.1, 0.15) is 0 Å². The molecule has 1 aromatic carbocycles. The standard InChI is InChI=1S/C15H17NO4/c1-11-2-4-12(5-3-11)6-7-14(17)16-8-9-20-10-13(16)15(18)19/h2-7,13H,8-10H2,1H3,(H,18,19)/b7-6-/t13-/m1/s1. The molecule has 2 rings (SSSR count). The minimum Gasteiger partial charge on any atom is -0.480 e. The van der Waals surface area contributed by atoms with E-state index < -0.39 is 12.0 Å². The summed E-state index contributed by atoms with van der Waals surface area (Å²) >= 11 is 0. The summed E-state index contributed by atoms with van der Waals surface area (Å²) in [5.74, 6) is -1.34. The van der Waals surface area contributed by atoms with E-state index >= 15 is 0 Å². The summed E-state index contributed by atoms with van der Waals surface area (Å²) in [7, 11) is 0. The summed E-state index contributed by atoms with van der Waals surface area (Å²) in [5.41, 5.74) is 2.05. The van der Waals surface area contributed by atoms with Crippen molar-refractivity contribution in [2.24, 2.45) is 0 Å². The monoisotopic (exact) mass is 275 g/mol. The number of carbonyl (C=O) groups excluding carboxylic acids is 1. The largest absolute Gasteiger partial charge is 0.480 e. The number of rotatable bonds is 3. The Morgan fingerprint density at radius 1 is 1.35 bits per heavy atom. The average molecular weight is 275 g/mol. The first kappa shape index (κ1) is 14.3. The van der Waals surface area contributed by atoms with E-state index in [1.54, 1.807) is 6.08 Å². The number of aliphatic carboxylic acids is 1. The molecule has 1 N–H and O–H groups in total. The molecule has 0 aliphatic carbocycles. The van der Waals surface area contributed by atoms with Crippen LogP contribution in [-0.4, -0.2) is 47.7 Å². The Morgan fingerprint density at radius 3 is 2.70 bits per heavy atom. The van der Waals surface area contributed by atoms with E-state index in [9.17, 15) is 9.59 Å². The number of carbonyl (C=O) groups is 2. The molecule has 0 bridgehead atoms. The van der Waals surface area contributed by atoms with Crippen LogP contribution in [0.2, 0.25) is 0 Å². The number of benzene rings is 1. The number of morpholine rings is 1. The second-order valence-corrected chi connectivity index (χ2v) is 4.70. The molecule has 1 atom stereocenters. The van der Waals surface area contributed by atoms with E-state index in [0.29, 0.717) is 13.2 Å². The molecule has 1 aliphatic heterocycles. The van der Waals surface area contributed by atoms with Crippen molar-refractivity contribution in [3.63, 3.8) is 0 Å². The van der Waals surface area contributed by atoms with Crippen LogP contribution in [0.4, 0.5) is 0 Å². The summed E-state index contributed by atoms with van der Waals surface area (Å²) in [5, 5.41) is 9.08. The minimum atomic E-state index is -1.04. The summed E-state index contributed by atoms with van der Waals surface area (Å²) in [4.78, 5) is 24.5. The Balaban J connectivity index is 2.06. The first-order chi connectivity index (χ1) is 9.58. The number of aryl methyl sites for hydroxylation is 1. The highest BCUT2D eigenvalue weighted by molar-refractivity contribution is 5.94. The van der Waals surface area contributed by atoms with Crippen LogP contribution in [0.15, 0.2) is 30.3 Å². The minimum absolute atomic E-state index is 0.0411. The summed E-state index contributed by atoms with van der Waals surface area (Å²) in [6, 6.07) is 6.83. The number of carboxylic acid groups (broad SMARTS) is 1. The van der Waals surface area contributed by atoms with Crippen LogP contribution in [0.25, 0.3) is 6.08 Å². The van der Waals surface area contributed by atoms with Gasteiger partial charge in [0, 0.05) is 12.6 Å². The van der Waals surface area contributed by atoms with Gasteiger partial charge in [0.05, 0.1) is 13.2 Å². The second-order valence-electron chi connectivity index (χ2n) is 4.70. The molecule has 1 amide bonds. The molecular formula is C15H17NO4. The Morgan fingerprint density at radius 2 is 2.05 bits per heavy atom. The Hall–Kier alpha value is -2.14. The molecule has 106 valence electrons. The molecule has 1 heterocycles. The normalized spacial score (nSPS) is 19.2. The summed E-state index contributed by atoms with van der Waals surface area (Å²) in [6.07, 6.45) is 3.10. The average Bonchev–Trinajstić information content (AvgIpc) is 2.46. The van der Waals surface area contributed by atoms with Crippen LogP contribution in [0, 0.1) is 6.92 Å². The van der Waals surface area contributed by atoms with Crippen molar-refractivity contribution in [3.8, 4) is 0 Å². The molecule has 0 unspecified atom stereocenters. The van der Waals surface area contributed by atoms with Crippen molar-refractivity contribution in [3.05, 3.63) is 41.5 Å². The zero-order valence-electron chi connectivity index (χ0n) is 11.3. The van der Waals surface area contributed by atoms with Crippen LogP contribution < -0.4 is 0 Å². The van der Waals surface area contributed by atoms with Gasteiger partial charge in [-0.05, 0) is 18.6 Å². The Labute approximate surface area is 117 Å². The van der Waals surface area contributed by atoms with Gasteiger partial charge in [-0.25, -0.2) is 4.79 Å². The van der Waals surface area contributed by atoms with Crippen LogP contribution in [0.3, 0.4) is 0 Å². The number of nitrogens with zero attached hydrogens (tertiary/aromatic N) is 1.